The van der Waals surface area contributed by atoms with Gasteiger partial charge in [-0.2, -0.15) is 0 Å². The molecule has 5 rings (SSSR count). The van der Waals surface area contributed by atoms with Gasteiger partial charge in [0.2, 0.25) is 5.91 Å². The Balaban J connectivity index is 1.56. The number of benzene rings is 2. The van der Waals surface area contributed by atoms with Crippen LogP contribution in [0, 0.1) is 5.82 Å². The van der Waals surface area contributed by atoms with Crippen LogP contribution in [0.15, 0.2) is 60.8 Å². The predicted octanol–water partition coefficient (Wildman–Crippen LogP) is 2.48. The summed E-state index contributed by atoms with van der Waals surface area (Å²) in [6.45, 7) is 0.581. The van der Waals surface area contributed by atoms with E-state index < -0.39 is 17.3 Å². The molecule has 5 N–H and O–H groups in total. The quantitative estimate of drug-likeness (QED) is 0.364. The lowest BCUT2D eigenvalue weighted by atomic mass is 9.84. The highest BCUT2D eigenvalue weighted by Crippen LogP contribution is 2.35. The van der Waals surface area contributed by atoms with Crippen LogP contribution in [0.2, 0.25) is 0 Å². The monoisotopic (exact) mass is 459 g/mol. The third-order valence-corrected chi connectivity index (χ3v) is 6.26. The number of imidazole rings is 1. The van der Waals surface area contributed by atoms with Crippen molar-refractivity contribution in [1.82, 2.24) is 20.3 Å². The first-order chi connectivity index (χ1) is 16.4. The number of primary amides is 1. The van der Waals surface area contributed by atoms with Crippen molar-refractivity contribution in [3.05, 3.63) is 83.6 Å². The molecule has 2 atom stereocenters. The lowest BCUT2D eigenvalue weighted by Crippen LogP contribution is -2.42. The molecule has 9 heteroatoms. The number of nitrogens with two attached hydrogens (primary N) is 1. The van der Waals surface area contributed by atoms with E-state index in [1.807, 2.05) is 0 Å². The molecule has 2 aromatic heterocycles. The number of nitrogens with one attached hydrogen (secondary N) is 2. The Morgan fingerprint density at radius 1 is 1.18 bits per heavy atom. The van der Waals surface area contributed by atoms with Crippen LogP contribution in [0.25, 0.3) is 22.3 Å². The molecule has 2 amide bonds. The van der Waals surface area contributed by atoms with Gasteiger partial charge in [-0.3, -0.25) is 9.59 Å². The zero-order valence-electron chi connectivity index (χ0n) is 18.1. The van der Waals surface area contributed by atoms with Gasteiger partial charge < -0.3 is 21.1 Å². The van der Waals surface area contributed by atoms with Crippen molar-refractivity contribution in [1.29, 1.82) is 0 Å². The number of H-pyrrole nitrogens is 1. The Morgan fingerprint density at radius 3 is 2.68 bits per heavy atom. The molecule has 2 unspecified atom stereocenters. The van der Waals surface area contributed by atoms with Gasteiger partial charge in [0.05, 0.1) is 5.52 Å². The highest BCUT2D eigenvalue weighted by molar-refractivity contribution is 5.91. The normalized spacial score (nSPS) is 17.8. The molecule has 172 valence electrons. The molecule has 34 heavy (non-hydrogen) atoms. The second-order valence-electron chi connectivity index (χ2n) is 8.35. The van der Waals surface area contributed by atoms with Crippen molar-refractivity contribution in [3.8, 4) is 11.1 Å². The topological polar surface area (TPSA) is 134 Å². The number of aliphatic hydroxyl groups is 1. The van der Waals surface area contributed by atoms with Crippen molar-refractivity contribution >= 4 is 23.0 Å². The summed E-state index contributed by atoms with van der Waals surface area (Å²) < 4.78 is 15.4. The van der Waals surface area contributed by atoms with Crippen LogP contribution in [-0.2, 0) is 15.2 Å². The lowest BCUT2D eigenvalue weighted by molar-refractivity contribution is -0.133. The maximum atomic E-state index is 15.4. The van der Waals surface area contributed by atoms with E-state index in [1.54, 1.807) is 36.5 Å². The number of pyridine rings is 1. The van der Waals surface area contributed by atoms with Crippen LogP contribution < -0.4 is 11.1 Å². The number of halogens is 1. The summed E-state index contributed by atoms with van der Waals surface area (Å²) in [5.41, 5.74) is 5.35. The van der Waals surface area contributed by atoms with Gasteiger partial charge in [0.25, 0.3) is 5.91 Å². The summed E-state index contributed by atoms with van der Waals surface area (Å²) in [6.07, 6.45) is 2.67. The maximum absolute atomic E-state index is 15.4. The number of carbonyl (C=O) groups excluding carboxylic acids is 2. The number of piperidine rings is 1. The number of hydrogen-bond donors (Lipinski definition) is 4. The average Bonchev–Trinajstić information content (AvgIpc) is 3.28. The highest BCUT2D eigenvalue weighted by atomic mass is 19.1. The molecule has 3 heterocycles. The SMILES string of the molecule is NC(=O)C(O)(c1ccccc1)c1ccc(-c2ccnc3nc(C4CCNC(=O)C4)[nH]c23)cc1F. The van der Waals surface area contributed by atoms with Crippen LogP contribution in [0.3, 0.4) is 0 Å². The number of rotatable bonds is 5. The maximum Gasteiger partial charge on any atom is 0.258 e. The zero-order chi connectivity index (χ0) is 23.9. The number of aromatic amines is 1. The zero-order valence-corrected chi connectivity index (χ0v) is 18.1. The van der Waals surface area contributed by atoms with Crippen LogP contribution >= 0.6 is 0 Å². The molecule has 4 aromatic rings. The van der Waals surface area contributed by atoms with E-state index >= 15 is 4.39 Å². The third-order valence-electron chi connectivity index (χ3n) is 6.26. The van der Waals surface area contributed by atoms with Crippen molar-refractivity contribution in [2.24, 2.45) is 5.73 Å². The molecular weight excluding hydrogens is 437 g/mol. The largest absolute Gasteiger partial charge is 0.372 e. The van der Waals surface area contributed by atoms with Gasteiger partial charge in [-0.05, 0) is 29.7 Å². The van der Waals surface area contributed by atoms with Crippen LogP contribution in [0.4, 0.5) is 4.39 Å². The molecule has 8 nitrogen and oxygen atoms in total. The average molecular weight is 459 g/mol. The van der Waals surface area contributed by atoms with E-state index in [0.717, 1.165) is 6.42 Å². The van der Waals surface area contributed by atoms with E-state index in [1.165, 1.54) is 24.3 Å². The minimum Gasteiger partial charge on any atom is -0.372 e. The molecule has 1 fully saturated rings. The van der Waals surface area contributed by atoms with Crippen molar-refractivity contribution in [2.45, 2.75) is 24.4 Å². The van der Waals surface area contributed by atoms with E-state index in [9.17, 15) is 14.7 Å². The summed E-state index contributed by atoms with van der Waals surface area (Å²) in [5.74, 6) is -1.27. The minimum absolute atomic E-state index is 0.0251. The standard InChI is InChI=1S/C25H22FN5O3/c26-19-12-14(6-7-18(19)25(34,24(27)33)16-4-2-1-3-5-16)17-9-11-29-23-21(17)30-22(31-23)15-8-10-28-20(32)13-15/h1-7,9,11-12,15,34H,8,10,13H2,(H2,27,33)(H,28,32)(H,29,30,31). The highest BCUT2D eigenvalue weighted by Gasteiger charge is 2.40. The van der Waals surface area contributed by atoms with Crippen LogP contribution in [0.5, 0.6) is 0 Å². The Kier molecular flexibility index (Phi) is 5.33. The Hall–Kier alpha value is -4.11. The van der Waals surface area contributed by atoms with Crippen LogP contribution in [0.1, 0.15) is 35.7 Å². The molecule has 0 spiro atoms. The lowest BCUT2D eigenvalue weighted by Gasteiger charge is -2.26. The van der Waals surface area contributed by atoms with Gasteiger partial charge in [0, 0.05) is 36.2 Å². The summed E-state index contributed by atoms with van der Waals surface area (Å²) in [4.78, 5) is 36.1. The summed E-state index contributed by atoms with van der Waals surface area (Å²) in [5, 5.41) is 13.9. The van der Waals surface area contributed by atoms with Crippen molar-refractivity contribution < 1.29 is 19.1 Å². The molecular formula is C25H22FN5O3. The Bertz CT molecular complexity index is 1400. The minimum atomic E-state index is -2.32. The number of aromatic nitrogens is 3. The third kappa shape index (κ3) is 3.60. The fourth-order valence-electron chi connectivity index (χ4n) is 4.47. The van der Waals surface area contributed by atoms with Gasteiger partial charge in [-0.15, -0.1) is 0 Å². The second kappa shape index (κ2) is 8.35. The Labute approximate surface area is 194 Å². The number of fused-ring (bicyclic) bond motifs is 1. The number of hydrogen-bond acceptors (Lipinski definition) is 5. The molecule has 0 bridgehead atoms. The Morgan fingerprint density at radius 2 is 1.97 bits per heavy atom. The fraction of sp³-hybridized carbons (Fsp3) is 0.200. The fourth-order valence-corrected chi connectivity index (χ4v) is 4.47. The smallest absolute Gasteiger partial charge is 0.258 e. The second-order valence-corrected chi connectivity index (χ2v) is 8.35. The molecule has 1 saturated heterocycles. The van der Waals surface area contributed by atoms with Gasteiger partial charge in [0.1, 0.15) is 11.6 Å². The molecule has 1 aliphatic rings. The molecule has 0 radical (unpaired) electrons. The summed E-state index contributed by atoms with van der Waals surface area (Å²) in [7, 11) is 0. The number of carbonyl (C=O) groups is 2. The van der Waals surface area contributed by atoms with E-state index in [-0.39, 0.29) is 23.0 Å². The molecule has 0 aliphatic carbocycles. The van der Waals surface area contributed by atoms with E-state index in [0.29, 0.717) is 41.1 Å². The number of amides is 2. The number of nitrogens with zero attached hydrogens (tertiary/aromatic N) is 2. The first-order valence-electron chi connectivity index (χ1n) is 10.9. The van der Waals surface area contributed by atoms with Gasteiger partial charge >= 0.3 is 0 Å². The molecule has 1 aliphatic heterocycles. The van der Waals surface area contributed by atoms with Crippen LogP contribution in [-0.4, -0.2) is 38.4 Å². The van der Waals surface area contributed by atoms with Gasteiger partial charge in [-0.25, -0.2) is 14.4 Å². The van der Waals surface area contributed by atoms with Crippen molar-refractivity contribution in [3.63, 3.8) is 0 Å². The van der Waals surface area contributed by atoms with E-state index in [4.69, 9.17) is 5.73 Å². The molecule has 2 aromatic carbocycles. The predicted molar refractivity (Wildman–Crippen MR) is 123 cm³/mol. The summed E-state index contributed by atoms with van der Waals surface area (Å²) >= 11 is 0. The summed E-state index contributed by atoms with van der Waals surface area (Å²) in [6, 6.07) is 14.0. The first-order valence-corrected chi connectivity index (χ1v) is 10.9. The van der Waals surface area contributed by atoms with Crippen molar-refractivity contribution in [2.75, 3.05) is 6.54 Å². The molecule has 0 saturated carbocycles. The van der Waals surface area contributed by atoms with Gasteiger partial charge in [-0.1, -0.05) is 42.5 Å². The van der Waals surface area contributed by atoms with E-state index in [2.05, 4.69) is 20.3 Å². The first kappa shape index (κ1) is 21.7. The van der Waals surface area contributed by atoms with Gasteiger partial charge in [0.15, 0.2) is 11.2 Å².